The summed E-state index contributed by atoms with van der Waals surface area (Å²) in [7, 11) is 0. The van der Waals surface area contributed by atoms with Crippen LogP contribution in [-0.4, -0.2) is 23.5 Å². The number of nitrogens with one attached hydrogen (secondary N) is 1. The largest absolute Gasteiger partial charge is 0.450 e. The smallest absolute Gasteiger partial charge is 0.411 e. The third-order valence-corrected chi connectivity index (χ3v) is 1.99. The number of amides is 2. The summed E-state index contributed by atoms with van der Waals surface area (Å²) in [5.41, 5.74) is 4.69. The first kappa shape index (κ1) is 13.4. The van der Waals surface area contributed by atoms with Crippen molar-refractivity contribution >= 4 is 23.4 Å². The van der Waals surface area contributed by atoms with Crippen molar-refractivity contribution in [3.63, 3.8) is 0 Å². The molecule has 0 bridgehead atoms. The summed E-state index contributed by atoms with van der Waals surface area (Å²) in [4.78, 5) is 32.2. The molecule has 18 heavy (non-hydrogen) atoms. The number of carbonyl (C=O) groups is 2. The van der Waals surface area contributed by atoms with Crippen molar-refractivity contribution in [3.05, 3.63) is 33.9 Å². The Hall–Kier alpha value is -2.64. The highest BCUT2D eigenvalue weighted by molar-refractivity contribution is 6.02. The fraction of sp³-hybridized carbons (Fsp3) is 0.200. The van der Waals surface area contributed by atoms with Crippen LogP contribution in [0.5, 0.6) is 0 Å². The van der Waals surface area contributed by atoms with Crippen LogP contribution in [0.4, 0.5) is 16.2 Å². The number of nitro benzene ring substituents is 1. The van der Waals surface area contributed by atoms with Gasteiger partial charge in [0, 0.05) is 12.1 Å². The minimum atomic E-state index is -0.884. The Morgan fingerprint density at radius 1 is 1.50 bits per heavy atom. The number of benzene rings is 1. The summed E-state index contributed by atoms with van der Waals surface area (Å²) in [5.74, 6) is -0.884. The first-order valence-electron chi connectivity index (χ1n) is 4.97. The number of nitro groups is 1. The minimum Gasteiger partial charge on any atom is -0.450 e. The van der Waals surface area contributed by atoms with Gasteiger partial charge in [0.05, 0.1) is 22.8 Å². The third kappa shape index (κ3) is 3.17. The van der Waals surface area contributed by atoms with Crippen molar-refractivity contribution in [1.82, 2.24) is 0 Å². The molecule has 1 aromatic carbocycles. The number of carbonyl (C=O) groups excluding carboxylic acids is 2. The molecule has 96 valence electrons. The Labute approximate surface area is 102 Å². The molecule has 8 heteroatoms. The average molecular weight is 253 g/mol. The zero-order chi connectivity index (χ0) is 13.7. The van der Waals surface area contributed by atoms with Gasteiger partial charge in [-0.1, -0.05) is 0 Å². The van der Waals surface area contributed by atoms with E-state index in [2.05, 4.69) is 10.1 Å². The molecule has 0 atom stereocenters. The second kappa shape index (κ2) is 5.62. The van der Waals surface area contributed by atoms with Gasteiger partial charge in [-0.15, -0.1) is 0 Å². The second-order valence-electron chi connectivity index (χ2n) is 3.20. The van der Waals surface area contributed by atoms with E-state index in [1.54, 1.807) is 6.92 Å². The van der Waals surface area contributed by atoms with Gasteiger partial charge in [0.1, 0.15) is 0 Å². The van der Waals surface area contributed by atoms with E-state index in [1.807, 2.05) is 0 Å². The van der Waals surface area contributed by atoms with Crippen LogP contribution in [0.3, 0.4) is 0 Å². The number of hydrogen-bond donors (Lipinski definition) is 2. The fourth-order valence-corrected chi connectivity index (χ4v) is 1.24. The van der Waals surface area contributed by atoms with Crippen LogP contribution in [0.2, 0.25) is 0 Å². The molecular weight excluding hydrogens is 242 g/mol. The molecule has 3 N–H and O–H groups in total. The van der Waals surface area contributed by atoms with E-state index >= 15 is 0 Å². The van der Waals surface area contributed by atoms with E-state index in [-0.39, 0.29) is 23.5 Å². The van der Waals surface area contributed by atoms with Gasteiger partial charge in [-0.2, -0.15) is 0 Å². The van der Waals surface area contributed by atoms with Gasteiger partial charge in [-0.05, 0) is 13.0 Å². The van der Waals surface area contributed by atoms with Gasteiger partial charge < -0.3 is 10.5 Å². The van der Waals surface area contributed by atoms with E-state index in [1.165, 1.54) is 6.07 Å². The lowest BCUT2D eigenvalue weighted by Gasteiger charge is -2.08. The molecular formula is C10H11N3O5. The lowest BCUT2D eigenvalue weighted by Crippen LogP contribution is -2.19. The Morgan fingerprint density at radius 3 is 2.67 bits per heavy atom. The molecule has 0 unspecified atom stereocenters. The van der Waals surface area contributed by atoms with Gasteiger partial charge in [-0.3, -0.25) is 20.2 Å². The molecule has 0 saturated heterocycles. The number of anilines is 1. The van der Waals surface area contributed by atoms with E-state index in [0.29, 0.717) is 0 Å². The zero-order valence-corrected chi connectivity index (χ0v) is 9.50. The van der Waals surface area contributed by atoms with Crippen LogP contribution in [0.15, 0.2) is 18.2 Å². The van der Waals surface area contributed by atoms with E-state index < -0.39 is 16.9 Å². The lowest BCUT2D eigenvalue weighted by atomic mass is 10.1. The summed E-state index contributed by atoms with van der Waals surface area (Å²) >= 11 is 0. The molecule has 0 fully saturated rings. The summed E-state index contributed by atoms with van der Waals surface area (Å²) in [6.07, 6.45) is -0.770. The van der Waals surface area contributed by atoms with Crippen LogP contribution in [-0.2, 0) is 4.74 Å². The standard InChI is InChI=1S/C10H11N3O5/c1-2-18-10(15)12-8-4-3-6(13(16)17)5-7(8)9(11)14/h3-5H,2H2,1H3,(H2,11,14)(H,12,15). The molecule has 1 aromatic rings. The maximum absolute atomic E-state index is 11.2. The van der Waals surface area contributed by atoms with E-state index in [0.717, 1.165) is 12.1 Å². The van der Waals surface area contributed by atoms with Gasteiger partial charge >= 0.3 is 6.09 Å². The summed E-state index contributed by atoms with van der Waals surface area (Å²) in [6, 6.07) is 3.35. The Balaban J connectivity index is 3.08. The number of primary amides is 1. The van der Waals surface area contributed by atoms with Crippen molar-refractivity contribution in [1.29, 1.82) is 0 Å². The number of nitrogens with two attached hydrogens (primary N) is 1. The molecule has 0 aliphatic carbocycles. The molecule has 0 heterocycles. The predicted molar refractivity (Wildman–Crippen MR) is 62.3 cm³/mol. The molecule has 0 saturated carbocycles. The van der Waals surface area contributed by atoms with Crippen molar-refractivity contribution in [3.8, 4) is 0 Å². The van der Waals surface area contributed by atoms with Crippen LogP contribution in [0, 0.1) is 10.1 Å². The summed E-state index contributed by atoms with van der Waals surface area (Å²) in [5, 5.41) is 12.8. The molecule has 0 aliphatic heterocycles. The molecule has 0 radical (unpaired) electrons. The van der Waals surface area contributed by atoms with Gasteiger partial charge in [0.15, 0.2) is 0 Å². The van der Waals surface area contributed by atoms with Gasteiger partial charge in [0.25, 0.3) is 11.6 Å². The van der Waals surface area contributed by atoms with Crippen molar-refractivity contribution in [2.45, 2.75) is 6.92 Å². The average Bonchev–Trinajstić information content (AvgIpc) is 2.29. The molecule has 0 spiro atoms. The Morgan fingerprint density at radius 2 is 2.17 bits per heavy atom. The van der Waals surface area contributed by atoms with E-state index in [9.17, 15) is 19.7 Å². The summed E-state index contributed by atoms with van der Waals surface area (Å²) in [6.45, 7) is 1.77. The van der Waals surface area contributed by atoms with Crippen molar-refractivity contribution < 1.29 is 19.2 Å². The second-order valence-corrected chi connectivity index (χ2v) is 3.20. The Bertz CT molecular complexity index is 500. The van der Waals surface area contributed by atoms with E-state index in [4.69, 9.17) is 5.73 Å². The molecule has 1 rings (SSSR count). The normalized spacial score (nSPS) is 9.61. The third-order valence-electron chi connectivity index (χ3n) is 1.99. The summed E-state index contributed by atoms with van der Waals surface area (Å²) < 4.78 is 4.62. The maximum Gasteiger partial charge on any atom is 0.411 e. The molecule has 0 aliphatic rings. The van der Waals surface area contributed by atoms with Gasteiger partial charge in [0.2, 0.25) is 0 Å². The van der Waals surface area contributed by atoms with Crippen LogP contribution < -0.4 is 11.1 Å². The molecule has 0 aromatic heterocycles. The SMILES string of the molecule is CCOC(=O)Nc1ccc([N+](=O)[O-])cc1C(N)=O. The first-order valence-corrected chi connectivity index (χ1v) is 4.97. The molecule has 8 nitrogen and oxygen atoms in total. The monoisotopic (exact) mass is 253 g/mol. The number of rotatable bonds is 4. The number of nitrogens with zero attached hydrogens (tertiary/aromatic N) is 1. The van der Waals surface area contributed by atoms with Crippen molar-refractivity contribution in [2.24, 2.45) is 5.73 Å². The zero-order valence-electron chi connectivity index (χ0n) is 9.50. The highest BCUT2D eigenvalue weighted by Crippen LogP contribution is 2.21. The maximum atomic E-state index is 11.2. The number of ether oxygens (including phenoxy) is 1. The van der Waals surface area contributed by atoms with Crippen LogP contribution in [0.1, 0.15) is 17.3 Å². The lowest BCUT2D eigenvalue weighted by molar-refractivity contribution is -0.384. The van der Waals surface area contributed by atoms with Crippen LogP contribution >= 0.6 is 0 Å². The number of hydrogen-bond acceptors (Lipinski definition) is 5. The number of non-ortho nitro benzene ring substituents is 1. The predicted octanol–water partition coefficient (Wildman–Crippen LogP) is 1.26. The molecule has 2 amide bonds. The van der Waals surface area contributed by atoms with Crippen molar-refractivity contribution in [2.75, 3.05) is 11.9 Å². The van der Waals surface area contributed by atoms with Gasteiger partial charge in [-0.25, -0.2) is 4.79 Å². The first-order chi connectivity index (χ1) is 8.45. The quantitative estimate of drug-likeness (QED) is 0.617. The highest BCUT2D eigenvalue weighted by Gasteiger charge is 2.16. The topological polar surface area (TPSA) is 125 Å². The highest BCUT2D eigenvalue weighted by atomic mass is 16.6. The minimum absolute atomic E-state index is 0.0616. The van der Waals surface area contributed by atoms with Crippen LogP contribution in [0.25, 0.3) is 0 Å². The Kier molecular flexibility index (Phi) is 4.19. The fourth-order valence-electron chi connectivity index (χ4n) is 1.24.